The first kappa shape index (κ1) is 19.1. The molecular weight excluding hydrogens is 356 g/mol. The number of pyridine rings is 1. The van der Waals surface area contributed by atoms with Gasteiger partial charge in [-0.25, -0.2) is 4.98 Å². The van der Waals surface area contributed by atoms with E-state index in [-0.39, 0.29) is 5.91 Å². The Hall–Kier alpha value is -3.68. The average molecular weight is 378 g/mol. The van der Waals surface area contributed by atoms with Crippen LogP contribution in [0.5, 0.6) is 5.75 Å². The largest absolute Gasteiger partial charge is 0.494 e. The molecule has 0 radical (unpaired) electrons. The van der Waals surface area contributed by atoms with E-state index in [9.17, 15) is 4.79 Å². The van der Waals surface area contributed by atoms with Gasteiger partial charge in [0.15, 0.2) is 5.82 Å². The lowest BCUT2D eigenvalue weighted by atomic mass is 10.2. The maximum absolute atomic E-state index is 12.1. The highest BCUT2D eigenvalue weighted by molar-refractivity contribution is 5.94. The number of aromatic nitrogens is 3. The van der Waals surface area contributed by atoms with Crippen LogP contribution in [0.3, 0.4) is 0 Å². The molecule has 0 spiro atoms. The lowest BCUT2D eigenvalue weighted by molar-refractivity contribution is 0.0955. The van der Waals surface area contributed by atoms with E-state index in [1.165, 1.54) is 0 Å². The molecule has 8 heteroatoms. The molecule has 2 aromatic heterocycles. The van der Waals surface area contributed by atoms with Crippen LogP contribution in [0.1, 0.15) is 17.3 Å². The Kier molecular flexibility index (Phi) is 6.73. The van der Waals surface area contributed by atoms with Gasteiger partial charge in [0.25, 0.3) is 5.91 Å². The van der Waals surface area contributed by atoms with E-state index < -0.39 is 0 Å². The lowest BCUT2D eigenvalue weighted by Crippen LogP contribution is -2.28. The second-order valence-electron chi connectivity index (χ2n) is 5.78. The summed E-state index contributed by atoms with van der Waals surface area (Å²) in [6, 6.07) is 16.3. The number of rotatable bonds is 9. The first-order chi connectivity index (χ1) is 13.7. The van der Waals surface area contributed by atoms with E-state index in [1.807, 2.05) is 37.3 Å². The number of carbonyl (C=O) groups excluding carboxylic acids is 1. The van der Waals surface area contributed by atoms with Gasteiger partial charge in [0.2, 0.25) is 0 Å². The zero-order valence-corrected chi connectivity index (χ0v) is 15.6. The van der Waals surface area contributed by atoms with Crippen molar-refractivity contribution in [3.05, 3.63) is 66.4 Å². The van der Waals surface area contributed by atoms with Crippen molar-refractivity contribution in [3.63, 3.8) is 0 Å². The normalized spacial score (nSPS) is 10.2. The SMILES string of the molecule is CCOc1ccc(C(=O)NCCNc2ccc(Nc3ccccn3)nn2)cc1. The molecule has 8 nitrogen and oxygen atoms in total. The van der Waals surface area contributed by atoms with Gasteiger partial charge in [-0.05, 0) is 55.5 Å². The highest BCUT2D eigenvalue weighted by atomic mass is 16.5. The molecule has 144 valence electrons. The minimum Gasteiger partial charge on any atom is -0.494 e. The number of hydrogen-bond acceptors (Lipinski definition) is 7. The fraction of sp³-hybridized carbons (Fsp3) is 0.200. The van der Waals surface area contributed by atoms with Gasteiger partial charge in [-0.15, -0.1) is 10.2 Å². The molecule has 0 aliphatic heterocycles. The fourth-order valence-corrected chi connectivity index (χ4v) is 2.40. The summed E-state index contributed by atoms with van der Waals surface area (Å²) >= 11 is 0. The van der Waals surface area contributed by atoms with Gasteiger partial charge in [0, 0.05) is 24.8 Å². The Morgan fingerprint density at radius 1 is 0.929 bits per heavy atom. The van der Waals surface area contributed by atoms with Gasteiger partial charge in [0.1, 0.15) is 17.4 Å². The molecule has 0 saturated heterocycles. The number of anilines is 3. The summed E-state index contributed by atoms with van der Waals surface area (Å²) in [5, 5.41) is 17.2. The van der Waals surface area contributed by atoms with Crippen LogP contribution in [-0.4, -0.2) is 40.8 Å². The summed E-state index contributed by atoms with van der Waals surface area (Å²) in [6.45, 7) is 3.51. The van der Waals surface area contributed by atoms with Crippen LogP contribution in [0.15, 0.2) is 60.8 Å². The highest BCUT2D eigenvalue weighted by Crippen LogP contribution is 2.12. The van der Waals surface area contributed by atoms with Crippen LogP contribution in [0, 0.1) is 0 Å². The second-order valence-corrected chi connectivity index (χ2v) is 5.78. The number of benzene rings is 1. The molecule has 0 atom stereocenters. The van der Waals surface area contributed by atoms with Crippen LogP contribution >= 0.6 is 0 Å². The highest BCUT2D eigenvalue weighted by Gasteiger charge is 2.05. The summed E-state index contributed by atoms with van der Waals surface area (Å²) < 4.78 is 5.37. The van der Waals surface area contributed by atoms with E-state index in [4.69, 9.17) is 4.74 Å². The van der Waals surface area contributed by atoms with E-state index in [0.717, 1.165) is 5.75 Å². The smallest absolute Gasteiger partial charge is 0.251 e. The molecule has 3 rings (SSSR count). The van der Waals surface area contributed by atoms with Crippen LogP contribution < -0.4 is 20.7 Å². The number of hydrogen-bond donors (Lipinski definition) is 3. The van der Waals surface area contributed by atoms with Gasteiger partial charge in [-0.2, -0.15) is 0 Å². The van der Waals surface area contributed by atoms with Crippen LogP contribution in [-0.2, 0) is 0 Å². The van der Waals surface area contributed by atoms with E-state index >= 15 is 0 Å². The second kappa shape index (κ2) is 9.86. The van der Waals surface area contributed by atoms with E-state index in [2.05, 4.69) is 31.1 Å². The Morgan fingerprint density at radius 3 is 2.39 bits per heavy atom. The fourth-order valence-electron chi connectivity index (χ4n) is 2.40. The molecule has 3 N–H and O–H groups in total. The van der Waals surface area contributed by atoms with Crippen molar-refractivity contribution < 1.29 is 9.53 Å². The van der Waals surface area contributed by atoms with E-state index in [1.54, 1.807) is 30.5 Å². The number of ether oxygens (including phenoxy) is 1. The zero-order valence-electron chi connectivity index (χ0n) is 15.6. The van der Waals surface area contributed by atoms with Crippen molar-refractivity contribution in [1.29, 1.82) is 0 Å². The Labute approximate surface area is 163 Å². The van der Waals surface area contributed by atoms with Crippen molar-refractivity contribution >= 4 is 23.4 Å². The molecule has 1 amide bonds. The third-order valence-corrected chi connectivity index (χ3v) is 3.73. The lowest BCUT2D eigenvalue weighted by Gasteiger charge is -2.09. The molecule has 0 aliphatic carbocycles. The van der Waals surface area contributed by atoms with Gasteiger partial charge in [-0.1, -0.05) is 6.07 Å². The van der Waals surface area contributed by atoms with Crippen molar-refractivity contribution in [1.82, 2.24) is 20.5 Å². The Balaban J connectivity index is 1.40. The molecule has 0 bridgehead atoms. The first-order valence-corrected chi connectivity index (χ1v) is 9.01. The van der Waals surface area contributed by atoms with Gasteiger partial charge < -0.3 is 20.7 Å². The molecule has 28 heavy (non-hydrogen) atoms. The van der Waals surface area contributed by atoms with Gasteiger partial charge >= 0.3 is 0 Å². The molecule has 3 aromatic rings. The molecule has 2 heterocycles. The average Bonchev–Trinajstić information content (AvgIpc) is 2.74. The molecule has 0 aliphatic rings. The first-order valence-electron chi connectivity index (χ1n) is 9.01. The van der Waals surface area contributed by atoms with Crippen molar-refractivity contribution in [3.8, 4) is 5.75 Å². The molecule has 1 aromatic carbocycles. The van der Waals surface area contributed by atoms with Crippen molar-refractivity contribution in [2.75, 3.05) is 30.3 Å². The van der Waals surface area contributed by atoms with Crippen LogP contribution in [0.25, 0.3) is 0 Å². The number of nitrogens with one attached hydrogen (secondary N) is 3. The molecule has 0 saturated carbocycles. The standard InChI is InChI=1S/C20H22N6O2/c1-2-28-16-8-6-15(7-9-16)20(27)23-14-13-22-18-10-11-19(26-25-18)24-17-5-3-4-12-21-17/h3-12H,2,13-14H2,1H3,(H,22,25)(H,23,27)(H,21,24,26). The topological polar surface area (TPSA) is 101 Å². The Bertz CT molecular complexity index is 869. The molecule has 0 unspecified atom stereocenters. The van der Waals surface area contributed by atoms with Crippen LogP contribution in [0.4, 0.5) is 17.5 Å². The monoisotopic (exact) mass is 378 g/mol. The predicted molar refractivity (Wildman–Crippen MR) is 108 cm³/mol. The number of carbonyl (C=O) groups is 1. The van der Waals surface area contributed by atoms with E-state index in [0.29, 0.717) is 42.7 Å². The molecule has 0 fully saturated rings. The summed E-state index contributed by atoms with van der Waals surface area (Å²) in [5.74, 6) is 2.55. The van der Waals surface area contributed by atoms with Crippen LogP contribution in [0.2, 0.25) is 0 Å². The third-order valence-electron chi connectivity index (χ3n) is 3.73. The zero-order chi connectivity index (χ0) is 19.6. The maximum Gasteiger partial charge on any atom is 0.251 e. The van der Waals surface area contributed by atoms with Gasteiger partial charge in [0.05, 0.1) is 6.61 Å². The van der Waals surface area contributed by atoms with Gasteiger partial charge in [-0.3, -0.25) is 4.79 Å². The summed E-state index contributed by atoms with van der Waals surface area (Å²) in [4.78, 5) is 16.3. The minimum absolute atomic E-state index is 0.133. The summed E-state index contributed by atoms with van der Waals surface area (Å²) in [5.41, 5.74) is 0.591. The Morgan fingerprint density at radius 2 is 1.71 bits per heavy atom. The number of amides is 1. The van der Waals surface area contributed by atoms with Crippen molar-refractivity contribution in [2.45, 2.75) is 6.92 Å². The maximum atomic E-state index is 12.1. The quantitative estimate of drug-likeness (QED) is 0.492. The predicted octanol–water partition coefficient (Wildman–Crippen LogP) is 2.86. The minimum atomic E-state index is -0.133. The molecular formula is C20H22N6O2. The summed E-state index contributed by atoms with van der Waals surface area (Å²) in [7, 11) is 0. The number of nitrogens with zero attached hydrogens (tertiary/aromatic N) is 3. The summed E-state index contributed by atoms with van der Waals surface area (Å²) in [6.07, 6.45) is 1.70. The third kappa shape index (κ3) is 5.66. The van der Waals surface area contributed by atoms with Crippen molar-refractivity contribution in [2.24, 2.45) is 0 Å².